The van der Waals surface area contributed by atoms with Gasteiger partial charge in [-0.1, -0.05) is 0 Å². The average Bonchev–Trinajstić information content (AvgIpc) is 2.12. The lowest BCUT2D eigenvalue weighted by Crippen LogP contribution is -2.23. The Hall–Kier alpha value is -1.17. The van der Waals surface area contributed by atoms with Crippen LogP contribution in [-0.4, -0.2) is 11.2 Å². The van der Waals surface area contributed by atoms with Crippen LogP contribution in [0.5, 0.6) is 0 Å². The zero-order valence-corrected chi connectivity index (χ0v) is 7.59. The Balaban J connectivity index is 3.29. The minimum absolute atomic E-state index is 0.355. The molecule has 0 aromatic heterocycles. The van der Waals surface area contributed by atoms with E-state index >= 15 is 0 Å². The van der Waals surface area contributed by atoms with Crippen LogP contribution >= 0.6 is 11.6 Å². The molecular weight excluding hydrogens is 243 g/mol. The highest BCUT2D eigenvalue weighted by molar-refractivity contribution is 6.35. The molecule has 0 bridgehead atoms. The van der Waals surface area contributed by atoms with Crippen molar-refractivity contribution in [3.8, 4) is 0 Å². The largest absolute Gasteiger partial charge is 0.385 e. The van der Waals surface area contributed by atoms with Crippen molar-refractivity contribution in [2.75, 3.05) is 0 Å². The van der Waals surface area contributed by atoms with Crippen molar-refractivity contribution in [1.82, 2.24) is 0 Å². The second-order valence-electron chi connectivity index (χ2n) is 2.55. The molecule has 0 saturated heterocycles. The lowest BCUT2D eigenvalue weighted by Gasteiger charge is -2.07. The Morgan fingerprint density at radius 1 is 1.13 bits per heavy atom. The lowest BCUT2D eigenvalue weighted by atomic mass is 10.1. The van der Waals surface area contributed by atoms with E-state index in [0.717, 1.165) is 0 Å². The van der Waals surface area contributed by atoms with E-state index in [1.165, 1.54) is 0 Å². The summed E-state index contributed by atoms with van der Waals surface area (Å²) in [6.07, 6.45) is 0. The molecule has 0 aliphatic carbocycles. The summed E-state index contributed by atoms with van der Waals surface area (Å²) in [7, 11) is 0. The second-order valence-corrected chi connectivity index (χ2v) is 3.02. The summed E-state index contributed by atoms with van der Waals surface area (Å²) in [5.41, 5.74) is -1.30. The van der Waals surface area contributed by atoms with E-state index in [1.807, 2.05) is 0 Å². The quantitative estimate of drug-likeness (QED) is 0.338. The van der Waals surface area contributed by atoms with Gasteiger partial charge in [0.25, 0.3) is 5.78 Å². The van der Waals surface area contributed by atoms with Gasteiger partial charge in [-0.05, 0) is 23.7 Å². The van der Waals surface area contributed by atoms with Crippen LogP contribution in [0.3, 0.4) is 0 Å². The third-order valence-corrected chi connectivity index (χ3v) is 1.71. The van der Waals surface area contributed by atoms with Gasteiger partial charge in [-0.3, -0.25) is 4.79 Å². The van der Waals surface area contributed by atoms with Gasteiger partial charge in [-0.25, -0.2) is 13.2 Å². The van der Waals surface area contributed by atoms with Crippen molar-refractivity contribution < 1.29 is 26.7 Å². The number of hydrogen-bond acceptors (Lipinski definition) is 1. The predicted molar refractivity (Wildman–Crippen MR) is 41.4 cm³/mol. The molecule has 1 aromatic carbocycles. The van der Waals surface area contributed by atoms with Crippen molar-refractivity contribution in [1.29, 1.82) is 0 Å². The van der Waals surface area contributed by atoms with Crippen LogP contribution in [0.4, 0.5) is 22.0 Å². The SMILES string of the molecule is O=C(c1ccc(F)c(F)c1F)C(F)(F)Cl. The summed E-state index contributed by atoms with van der Waals surface area (Å²) in [6, 6.07) is 0.751. The fraction of sp³-hybridized carbons (Fsp3) is 0.125. The molecule has 82 valence electrons. The van der Waals surface area contributed by atoms with Gasteiger partial charge in [0, 0.05) is 0 Å². The van der Waals surface area contributed by atoms with Crippen LogP contribution in [0.25, 0.3) is 0 Å². The van der Waals surface area contributed by atoms with E-state index < -0.39 is 34.2 Å². The number of rotatable bonds is 2. The molecule has 0 fully saturated rings. The van der Waals surface area contributed by atoms with E-state index in [9.17, 15) is 26.7 Å². The number of alkyl halides is 3. The van der Waals surface area contributed by atoms with Crippen LogP contribution in [-0.2, 0) is 0 Å². The monoisotopic (exact) mass is 244 g/mol. The fourth-order valence-electron chi connectivity index (χ4n) is 0.854. The van der Waals surface area contributed by atoms with Crippen LogP contribution < -0.4 is 0 Å². The number of carbonyl (C=O) groups excluding carboxylic acids is 1. The average molecular weight is 245 g/mol. The highest BCUT2D eigenvalue weighted by atomic mass is 35.5. The van der Waals surface area contributed by atoms with Gasteiger partial charge in [0.05, 0.1) is 5.56 Å². The first-order valence-electron chi connectivity index (χ1n) is 3.50. The molecule has 0 spiro atoms. The molecule has 0 N–H and O–H groups in total. The molecule has 0 heterocycles. The molecule has 0 unspecified atom stereocenters. The summed E-state index contributed by atoms with van der Waals surface area (Å²) in [5, 5.41) is -4.36. The van der Waals surface area contributed by atoms with E-state index in [1.54, 1.807) is 0 Å². The number of halogens is 6. The highest BCUT2D eigenvalue weighted by Gasteiger charge is 2.39. The standard InChI is InChI=1S/C8H2ClF5O/c9-8(13,14)7(15)3-1-2-4(10)6(12)5(3)11/h1-2H. The first kappa shape index (κ1) is 11.9. The summed E-state index contributed by atoms with van der Waals surface area (Å²) < 4.78 is 62.2. The van der Waals surface area contributed by atoms with Gasteiger partial charge >= 0.3 is 5.38 Å². The molecule has 0 atom stereocenters. The van der Waals surface area contributed by atoms with Crippen LogP contribution in [0.1, 0.15) is 10.4 Å². The Morgan fingerprint density at radius 2 is 1.67 bits per heavy atom. The fourth-order valence-corrected chi connectivity index (χ4v) is 0.956. The molecule has 7 heteroatoms. The summed E-state index contributed by atoms with van der Waals surface area (Å²) in [4.78, 5) is 10.7. The predicted octanol–water partition coefficient (Wildman–Crippen LogP) is 3.12. The van der Waals surface area contributed by atoms with E-state index in [4.69, 9.17) is 0 Å². The maximum atomic E-state index is 12.8. The van der Waals surface area contributed by atoms with Crippen molar-refractivity contribution >= 4 is 17.4 Å². The van der Waals surface area contributed by atoms with Gasteiger partial charge in [-0.15, -0.1) is 0 Å². The highest BCUT2D eigenvalue weighted by Crippen LogP contribution is 2.27. The summed E-state index contributed by atoms with van der Waals surface area (Å²) in [5.74, 6) is -7.69. The number of carbonyl (C=O) groups is 1. The Bertz CT molecular complexity index is 412. The molecule has 0 aliphatic heterocycles. The maximum absolute atomic E-state index is 12.8. The minimum atomic E-state index is -4.36. The van der Waals surface area contributed by atoms with Crippen molar-refractivity contribution in [3.05, 3.63) is 35.1 Å². The van der Waals surface area contributed by atoms with E-state index in [-0.39, 0.29) is 0 Å². The molecule has 0 amide bonds. The minimum Gasteiger partial charge on any atom is -0.286 e. The number of Topliss-reactive ketones (excluding diaryl/α,β-unsaturated/α-hetero) is 1. The van der Waals surface area contributed by atoms with Gasteiger partial charge < -0.3 is 0 Å². The molecule has 0 saturated carbocycles. The summed E-state index contributed by atoms with van der Waals surface area (Å²) >= 11 is 4.32. The summed E-state index contributed by atoms with van der Waals surface area (Å²) in [6.45, 7) is 0. The topological polar surface area (TPSA) is 17.1 Å². The van der Waals surface area contributed by atoms with Crippen LogP contribution in [0.15, 0.2) is 12.1 Å². The zero-order chi connectivity index (χ0) is 11.8. The third kappa shape index (κ3) is 2.26. The first-order valence-corrected chi connectivity index (χ1v) is 3.88. The van der Waals surface area contributed by atoms with Gasteiger partial charge in [0.15, 0.2) is 17.5 Å². The Morgan fingerprint density at radius 3 is 2.13 bits per heavy atom. The van der Waals surface area contributed by atoms with Crippen molar-refractivity contribution in [3.63, 3.8) is 0 Å². The molecule has 0 aliphatic rings. The molecule has 1 aromatic rings. The van der Waals surface area contributed by atoms with Gasteiger partial charge in [0.1, 0.15) is 0 Å². The van der Waals surface area contributed by atoms with Gasteiger partial charge in [0.2, 0.25) is 0 Å². The number of ketones is 1. The number of hydrogen-bond donors (Lipinski definition) is 0. The third-order valence-electron chi connectivity index (χ3n) is 1.54. The molecule has 1 nitrogen and oxygen atoms in total. The maximum Gasteiger partial charge on any atom is 0.385 e. The number of benzene rings is 1. The van der Waals surface area contributed by atoms with Crippen LogP contribution in [0.2, 0.25) is 0 Å². The van der Waals surface area contributed by atoms with E-state index in [2.05, 4.69) is 11.6 Å². The Labute approximate surface area is 85.5 Å². The normalized spacial score (nSPS) is 11.6. The second kappa shape index (κ2) is 3.77. The molecule has 1 rings (SSSR count). The Kier molecular flexibility index (Phi) is 2.99. The lowest BCUT2D eigenvalue weighted by molar-refractivity contribution is 0.0530. The van der Waals surface area contributed by atoms with Gasteiger partial charge in [-0.2, -0.15) is 8.78 Å². The first-order chi connectivity index (χ1) is 6.75. The molecular formula is C8H2ClF5O. The van der Waals surface area contributed by atoms with Crippen molar-refractivity contribution in [2.24, 2.45) is 0 Å². The van der Waals surface area contributed by atoms with Crippen LogP contribution in [0, 0.1) is 17.5 Å². The molecule has 15 heavy (non-hydrogen) atoms. The van der Waals surface area contributed by atoms with E-state index in [0.29, 0.717) is 12.1 Å². The smallest absolute Gasteiger partial charge is 0.286 e. The zero-order valence-electron chi connectivity index (χ0n) is 6.83. The van der Waals surface area contributed by atoms with Crippen molar-refractivity contribution in [2.45, 2.75) is 5.38 Å². The molecule has 0 radical (unpaired) electrons.